The van der Waals surface area contributed by atoms with E-state index in [0.717, 1.165) is 87.9 Å². The lowest BCUT2D eigenvalue weighted by molar-refractivity contribution is -0.000518. The van der Waals surface area contributed by atoms with Crippen LogP contribution in [0.2, 0.25) is 5.02 Å². The predicted octanol–water partition coefficient (Wildman–Crippen LogP) is 9.03. The molecule has 0 bridgehead atoms. The summed E-state index contributed by atoms with van der Waals surface area (Å²) in [5, 5.41) is 3.78. The minimum absolute atomic E-state index is 0.115. The molecule has 3 aliphatic rings. The Morgan fingerprint density at radius 3 is 2.55 bits per heavy atom. The van der Waals surface area contributed by atoms with Crippen LogP contribution in [0, 0.1) is 12.3 Å². The Balaban J connectivity index is 1.01. The van der Waals surface area contributed by atoms with Crippen LogP contribution in [0.25, 0.3) is 21.0 Å². The lowest BCUT2D eigenvalue weighted by Crippen LogP contribution is -2.59. The van der Waals surface area contributed by atoms with Gasteiger partial charge in [0.05, 0.1) is 16.1 Å². The quantitative estimate of drug-likeness (QED) is 0.189. The fourth-order valence-corrected chi connectivity index (χ4v) is 9.26. The highest BCUT2D eigenvalue weighted by Crippen LogP contribution is 2.47. The van der Waals surface area contributed by atoms with Crippen molar-refractivity contribution in [2.24, 2.45) is 5.41 Å². The molecule has 5 aromatic rings. The van der Waals surface area contributed by atoms with Gasteiger partial charge in [-0.3, -0.25) is 14.6 Å². The van der Waals surface area contributed by atoms with Crippen LogP contribution < -0.4 is 15.1 Å². The highest BCUT2D eigenvalue weighted by molar-refractivity contribution is 7.19. The Hall–Kier alpha value is -4.57. The number of anilines is 3. The number of rotatable bonds is 6. The molecule has 0 saturated carbocycles. The molecule has 0 atom stereocenters. The van der Waals surface area contributed by atoms with Crippen molar-refractivity contribution in [3.8, 4) is 21.0 Å². The summed E-state index contributed by atoms with van der Waals surface area (Å²) in [7, 11) is 0. The molecule has 3 aliphatic heterocycles. The van der Waals surface area contributed by atoms with Gasteiger partial charge in [0.2, 0.25) is 0 Å². The maximum atomic E-state index is 14.1. The van der Waals surface area contributed by atoms with E-state index in [4.69, 9.17) is 26.3 Å². The highest BCUT2D eigenvalue weighted by atomic mass is 35.5. The van der Waals surface area contributed by atoms with Crippen molar-refractivity contribution in [1.82, 2.24) is 9.97 Å². The Labute approximate surface area is 307 Å². The second kappa shape index (κ2) is 13.5. The summed E-state index contributed by atoms with van der Waals surface area (Å²) >= 11 is 8.45. The van der Waals surface area contributed by atoms with Crippen molar-refractivity contribution >= 4 is 51.9 Å². The first-order chi connectivity index (χ1) is 24.7. The second-order valence-electron chi connectivity index (χ2n) is 14.2. The molecule has 0 aliphatic carbocycles. The van der Waals surface area contributed by atoms with Gasteiger partial charge in [-0.2, -0.15) is 0 Å². The van der Waals surface area contributed by atoms with Gasteiger partial charge in [0.15, 0.2) is 0 Å². The number of nitrogens with zero attached hydrogens (tertiary/aromatic N) is 4. The summed E-state index contributed by atoms with van der Waals surface area (Å²) in [6.45, 7) is 10.2. The largest absolute Gasteiger partial charge is 0.381 e. The van der Waals surface area contributed by atoms with Gasteiger partial charge in [-0.25, -0.2) is 4.98 Å². The lowest BCUT2D eigenvalue weighted by atomic mass is 9.73. The van der Waals surface area contributed by atoms with Crippen LogP contribution in [0.1, 0.15) is 70.1 Å². The number of nitrogens with one attached hydrogen (secondary N) is 1. The second-order valence-corrected chi connectivity index (χ2v) is 15.7. The Morgan fingerprint density at radius 2 is 1.78 bits per heavy atom. The van der Waals surface area contributed by atoms with Gasteiger partial charge in [0, 0.05) is 76.9 Å². The molecule has 260 valence electrons. The number of amides is 2. The number of ether oxygens (including phenoxy) is 1. The topological polar surface area (TPSA) is 87.7 Å². The molecule has 8 rings (SSSR count). The zero-order chi connectivity index (χ0) is 35.3. The molecule has 10 heteroatoms. The Bertz CT molecular complexity index is 2130. The molecular formula is C41H40ClN5O3S. The molecule has 3 aromatic heterocycles. The number of thiophene rings is 1. The molecule has 0 unspecified atom stereocenters. The van der Waals surface area contributed by atoms with Crippen LogP contribution in [0.5, 0.6) is 0 Å². The SMILES string of the molecule is Cc1ccc(C(=O)Nc2ccc(C(=O)N3CCc4cc(-c5c(Cl)cccc5C(C)C)sc4-c4ncccc43)cc2)c(N2CC3(CCOCC3)C2)n1. The average molecular weight is 718 g/mol. The van der Waals surface area contributed by atoms with Crippen molar-refractivity contribution in [2.75, 3.05) is 48.0 Å². The van der Waals surface area contributed by atoms with Crippen LogP contribution in [0.3, 0.4) is 0 Å². The van der Waals surface area contributed by atoms with Gasteiger partial charge >= 0.3 is 0 Å². The molecule has 2 aromatic carbocycles. The first-order valence-corrected chi connectivity index (χ1v) is 18.8. The first kappa shape index (κ1) is 33.6. The third-order valence-electron chi connectivity index (χ3n) is 10.4. The summed E-state index contributed by atoms with van der Waals surface area (Å²) in [4.78, 5) is 43.4. The van der Waals surface area contributed by atoms with Gasteiger partial charge in [0.1, 0.15) is 11.5 Å². The minimum Gasteiger partial charge on any atom is -0.381 e. The van der Waals surface area contributed by atoms with E-state index < -0.39 is 0 Å². The van der Waals surface area contributed by atoms with Crippen LogP contribution in [0.15, 0.2) is 79.0 Å². The maximum Gasteiger partial charge on any atom is 0.259 e. The molecule has 2 fully saturated rings. The van der Waals surface area contributed by atoms with Gasteiger partial charge < -0.3 is 19.9 Å². The van der Waals surface area contributed by atoms with Crippen molar-refractivity contribution in [1.29, 1.82) is 0 Å². The normalized spacial score (nSPS) is 16.3. The van der Waals surface area contributed by atoms with Crippen molar-refractivity contribution in [2.45, 2.75) is 46.0 Å². The predicted molar refractivity (Wildman–Crippen MR) is 206 cm³/mol. The third kappa shape index (κ3) is 6.32. The number of aromatic nitrogens is 2. The van der Waals surface area contributed by atoms with Crippen molar-refractivity contribution in [3.63, 3.8) is 0 Å². The van der Waals surface area contributed by atoms with E-state index >= 15 is 0 Å². The number of benzene rings is 2. The van der Waals surface area contributed by atoms with Crippen LogP contribution in [-0.4, -0.2) is 54.6 Å². The number of hydrogen-bond donors (Lipinski definition) is 1. The van der Waals surface area contributed by atoms with Crippen LogP contribution in [0.4, 0.5) is 17.2 Å². The number of halogens is 1. The molecule has 2 saturated heterocycles. The third-order valence-corrected chi connectivity index (χ3v) is 11.9. The van der Waals surface area contributed by atoms with E-state index in [1.807, 2.05) is 48.2 Å². The molecular weight excluding hydrogens is 678 g/mol. The van der Waals surface area contributed by atoms with Gasteiger partial charge in [-0.15, -0.1) is 11.3 Å². The lowest BCUT2D eigenvalue weighted by Gasteiger charge is -2.53. The Morgan fingerprint density at radius 1 is 1.00 bits per heavy atom. The van der Waals surface area contributed by atoms with E-state index in [1.54, 1.807) is 41.8 Å². The highest BCUT2D eigenvalue weighted by Gasteiger charge is 2.45. The zero-order valence-electron chi connectivity index (χ0n) is 29.0. The van der Waals surface area contributed by atoms with Crippen molar-refractivity contribution in [3.05, 3.63) is 112 Å². The van der Waals surface area contributed by atoms with E-state index in [2.05, 4.69) is 36.2 Å². The maximum absolute atomic E-state index is 14.1. The summed E-state index contributed by atoms with van der Waals surface area (Å²) in [6.07, 6.45) is 4.55. The number of fused-ring (bicyclic) bond motifs is 3. The molecule has 0 radical (unpaired) electrons. The Kier molecular flexibility index (Phi) is 8.90. The summed E-state index contributed by atoms with van der Waals surface area (Å²) in [6, 6.07) is 23.0. The molecule has 6 heterocycles. The summed E-state index contributed by atoms with van der Waals surface area (Å²) in [5.41, 5.74) is 7.84. The minimum atomic E-state index is -0.222. The zero-order valence-corrected chi connectivity index (χ0v) is 30.6. The standard InChI is InChI=1S/C41H40ClN5O3S/c1-25(2)30-6-4-7-32(42)35(30)34-22-28-15-19-47(33-8-5-18-43-36(33)37(28)51-34)40(49)27-10-12-29(13-11-27)45-39(48)31-14-9-26(3)44-38(31)46-23-41(24-46)16-20-50-21-17-41/h4-14,18,22,25H,15-17,19-21,23-24H2,1-3H3,(H,45,48). The molecule has 1 spiro atoms. The number of pyridine rings is 2. The van der Waals surface area contributed by atoms with E-state index in [0.29, 0.717) is 35.7 Å². The number of carbonyl (C=O) groups is 2. The monoisotopic (exact) mass is 717 g/mol. The van der Waals surface area contributed by atoms with E-state index in [1.165, 1.54) is 5.56 Å². The summed E-state index contributed by atoms with van der Waals surface area (Å²) < 4.78 is 5.58. The molecule has 51 heavy (non-hydrogen) atoms. The molecule has 1 N–H and O–H groups in total. The van der Waals surface area contributed by atoms with Crippen LogP contribution >= 0.6 is 22.9 Å². The first-order valence-electron chi connectivity index (χ1n) is 17.6. The van der Waals surface area contributed by atoms with E-state index in [-0.39, 0.29) is 17.2 Å². The number of hydrogen-bond acceptors (Lipinski definition) is 7. The van der Waals surface area contributed by atoms with Crippen LogP contribution in [-0.2, 0) is 11.2 Å². The molecule has 8 nitrogen and oxygen atoms in total. The fraction of sp³-hybridized carbons (Fsp3) is 0.317. The van der Waals surface area contributed by atoms with Crippen molar-refractivity contribution < 1.29 is 14.3 Å². The van der Waals surface area contributed by atoms with Gasteiger partial charge in [-0.05, 0) is 104 Å². The smallest absolute Gasteiger partial charge is 0.259 e. The van der Waals surface area contributed by atoms with Gasteiger partial charge in [-0.1, -0.05) is 37.6 Å². The molecule has 2 amide bonds. The van der Waals surface area contributed by atoms with E-state index in [9.17, 15) is 9.59 Å². The number of carbonyl (C=O) groups excluding carboxylic acids is 2. The average Bonchev–Trinajstić information content (AvgIpc) is 3.48. The fourth-order valence-electron chi connectivity index (χ4n) is 7.62. The van der Waals surface area contributed by atoms with Gasteiger partial charge in [0.25, 0.3) is 11.8 Å². The number of aryl methyl sites for hydroxylation is 1. The summed E-state index contributed by atoms with van der Waals surface area (Å²) in [5.74, 6) is 0.708.